The molecule has 0 saturated heterocycles. The number of halogens is 1. The molecule has 0 radical (unpaired) electrons. The Morgan fingerprint density at radius 2 is 1.89 bits per heavy atom. The third-order valence-electron chi connectivity index (χ3n) is 5.02. The minimum absolute atomic E-state index is 0.158. The summed E-state index contributed by atoms with van der Waals surface area (Å²) in [5, 5.41) is 11.7. The molecule has 3 aromatic rings. The Kier molecular flexibility index (Phi) is 5.38. The number of anilines is 1. The Bertz CT molecular complexity index is 909. The van der Waals surface area contributed by atoms with Gasteiger partial charge in [-0.15, -0.1) is 0 Å². The van der Waals surface area contributed by atoms with Crippen molar-refractivity contribution in [1.82, 2.24) is 19.6 Å². The molecule has 1 aliphatic rings. The largest absolute Gasteiger partial charge is 0.307 e. The van der Waals surface area contributed by atoms with E-state index >= 15 is 0 Å². The minimum atomic E-state index is -0.158. The van der Waals surface area contributed by atoms with Gasteiger partial charge in [0.2, 0.25) is 0 Å². The highest BCUT2D eigenvalue weighted by molar-refractivity contribution is 9.10. The highest BCUT2D eigenvalue weighted by Gasteiger charge is 2.18. The predicted octanol–water partition coefficient (Wildman–Crippen LogP) is 4.65. The fraction of sp³-hybridized carbons (Fsp3) is 0.350. The molecule has 0 bridgehead atoms. The van der Waals surface area contributed by atoms with Crippen LogP contribution in [0.25, 0.3) is 0 Å². The molecule has 7 heteroatoms. The molecule has 1 fully saturated rings. The summed E-state index contributed by atoms with van der Waals surface area (Å²) >= 11 is 3.44. The lowest BCUT2D eigenvalue weighted by Gasteiger charge is -2.21. The first-order valence-corrected chi connectivity index (χ1v) is 10.1. The fourth-order valence-electron chi connectivity index (χ4n) is 3.52. The van der Waals surface area contributed by atoms with Crippen LogP contribution in [0.15, 0.2) is 53.4 Å². The lowest BCUT2D eigenvalue weighted by molar-refractivity contribution is 0.102. The summed E-state index contributed by atoms with van der Waals surface area (Å²) in [4.78, 5) is 12.6. The maximum Gasteiger partial charge on any atom is 0.259 e. The van der Waals surface area contributed by atoms with Crippen molar-refractivity contribution in [1.29, 1.82) is 0 Å². The molecule has 1 saturated carbocycles. The topological polar surface area (TPSA) is 64.7 Å². The molecule has 1 aliphatic carbocycles. The molecular weight excluding hydrogens is 406 g/mol. The quantitative estimate of drug-likeness (QED) is 0.644. The van der Waals surface area contributed by atoms with Gasteiger partial charge in [0.1, 0.15) is 5.82 Å². The number of benzene rings is 1. The summed E-state index contributed by atoms with van der Waals surface area (Å²) in [5.41, 5.74) is 1.69. The van der Waals surface area contributed by atoms with E-state index in [0.717, 1.165) is 22.9 Å². The summed E-state index contributed by atoms with van der Waals surface area (Å²) in [5.74, 6) is 0.517. The van der Waals surface area contributed by atoms with Crippen molar-refractivity contribution in [3.05, 3.63) is 64.5 Å². The van der Waals surface area contributed by atoms with Gasteiger partial charge >= 0.3 is 0 Å². The number of amides is 1. The first kappa shape index (κ1) is 18.0. The van der Waals surface area contributed by atoms with E-state index in [9.17, 15) is 4.79 Å². The Morgan fingerprint density at radius 3 is 2.67 bits per heavy atom. The molecule has 140 valence electrons. The van der Waals surface area contributed by atoms with Gasteiger partial charge < -0.3 is 5.32 Å². The van der Waals surface area contributed by atoms with Crippen molar-refractivity contribution < 1.29 is 4.79 Å². The maximum atomic E-state index is 12.6. The van der Waals surface area contributed by atoms with Gasteiger partial charge in [-0.3, -0.25) is 9.48 Å². The van der Waals surface area contributed by atoms with Crippen LogP contribution in [0, 0.1) is 0 Å². The molecule has 1 amide bonds. The van der Waals surface area contributed by atoms with E-state index in [1.54, 1.807) is 17.1 Å². The molecule has 2 heterocycles. The molecule has 6 nitrogen and oxygen atoms in total. The summed E-state index contributed by atoms with van der Waals surface area (Å²) in [6.07, 6.45) is 11.3. The summed E-state index contributed by atoms with van der Waals surface area (Å²) in [6.45, 7) is 0.594. The van der Waals surface area contributed by atoms with E-state index in [2.05, 4.69) is 31.4 Å². The van der Waals surface area contributed by atoms with Gasteiger partial charge in [0.15, 0.2) is 0 Å². The first-order valence-electron chi connectivity index (χ1n) is 9.31. The van der Waals surface area contributed by atoms with Gasteiger partial charge in [-0.25, -0.2) is 4.68 Å². The molecular formula is C20H22BrN5O. The minimum Gasteiger partial charge on any atom is -0.307 e. The molecule has 0 atom stereocenters. The molecule has 0 aliphatic heterocycles. The van der Waals surface area contributed by atoms with Crippen LogP contribution in [0.2, 0.25) is 0 Å². The normalized spacial score (nSPS) is 15.0. The highest BCUT2D eigenvalue weighted by atomic mass is 79.9. The van der Waals surface area contributed by atoms with Crippen LogP contribution in [0.3, 0.4) is 0 Å². The molecule has 1 aromatic carbocycles. The standard InChI is InChI=1S/C20H22BrN5O/c21-17-8-6-15(7-9-17)13-26-19(10-11-22-26)24-20(27)16-12-23-25(14-16)18-4-2-1-3-5-18/h6-12,14,18H,1-5,13H2,(H,24,27). The van der Waals surface area contributed by atoms with Gasteiger partial charge in [0.05, 0.1) is 30.5 Å². The molecule has 2 aromatic heterocycles. The fourth-order valence-corrected chi connectivity index (χ4v) is 3.78. The monoisotopic (exact) mass is 427 g/mol. The Hall–Kier alpha value is -2.41. The third-order valence-corrected chi connectivity index (χ3v) is 5.54. The summed E-state index contributed by atoms with van der Waals surface area (Å²) in [6, 6.07) is 10.3. The van der Waals surface area contributed by atoms with Gasteiger partial charge in [-0.05, 0) is 30.5 Å². The lowest BCUT2D eigenvalue weighted by atomic mass is 9.96. The average Bonchev–Trinajstić information content (AvgIpc) is 3.34. The number of carbonyl (C=O) groups excluding carboxylic acids is 1. The molecule has 4 rings (SSSR count). The average molecular weight is 428 g/mol. The highest BCUT2D eigenvalue weighted by Crippen LogP contribution is 2.27. The second-order valence-corrected chi connectivity index (χ2v) is 7.87. The van der Waals surface area contributed by atoms with Gasteiger partial charge in [-0.2, -0.15) is 10.2 Å². The predicted molar refractivity (Wildman–Crippen MR) is 108 cm³/mol. The number of nitrogens with one attached hydrogen (secondary N) is 1. The van der Waals surface area contributed by atoms with Crippen LogP contribution in [0.4, 0.5) is 5.82 Å². The van der Waals surface area contributed by atoms with E-state index in [0.29, 0.717) is 24.0 Å². The number of rotatable bonds is 5. The number of nitrogens with zero attached hydrogens (tertiary/aromatic N) is 4. The van der Waals surface area contributed by atoms with E-state index in [4.69, 9.17) is 0 Å². The smallest absolute Gasteiger partial charge is 0.259 e. The zero-order chi connectivity index (χ0) is 18.6. The third kappa shape index (κ3) is 4.30. The molecule has 1 N–H and O–H groups in total. The molecule has 0 unspecified atom stereocenters. The number of aromatic nitrogens is 4. The van der Waals surface area contributed by atoms with E-state index in [1.807, 2.05) is 41.2 Å². The van der Waals surface area contributed by atoms with Crippen molar-refractivity contribution in [3.8, 4) is 0 Å². The molecule has 0 spiro atoms. The van der Waals surface area contributed by atoms with Gasteiger partial charge in [-0.1, -0.05) is 47.3 Å². The Balaban J connectivity index is 1.43. The van der Waals surface area contributed by atoms with Gasteiger partial charge in [0, 0.05) is 16.7 Å². The van der Waals surface area contributed by atoms with Crippen LogP contribution in [-0.2, 0) is 6.54 Å². The number of hydrogen-bond acceptors (Lipinski definition) is 3. The lowest BCUT2D eigenvalue weighted by Crippen LogP contribution is -2.16. The summed E-state index contributed by atoms with van der Waals surface area (Å²) in [7, 11) is 0. The van der Waals surface area contributed by atoms with Crippen LogP contribution >= 0.6 is 15.9 Å². The van der Waals surface area contributed by atoms with Crippen LogP contribution in [0.1, 0.15) is 54.1 Å². The van der Waals surface area contributed by atoms with Crippen molar-refractivity contribution >= 4 is 27.7 Å². The first-order chi connectivity index (χ1) is 13.2. The van der Waals surface area contributed by atoms with Crippen LogP contribution in [-0.4, -0.2) is 25.5 Å². The maximum absolute atomic E-state index is 12.6. The van der Waals surface area contributed by atoms with E-state index in [1.165, 1.54) is 19.3 Å². The second kappa shape index (κ2) is 8.08. The zero-order valence-corrected chi connectivity index (χ0v) is 16.6. The number of carbonyl (C=O) groups is 1. The van der Waals surface area contributed by atoms with Crippen molar-refractivity contribution in [2.45, 2.75) is 44.7 Å². The second-order valence-electron chi connectivity index (χ2n) is 6.96. The van der Waals surface area contributed by atoms with Crippen LogP contribution in [0.5, 0.6) is 0 Å². The Labute approximate surface area is 166 Å². The summed E-state index contributed by atoms with van der Waals surface area (Å²) < 4.78 is 4.77. The SMILES string of the molecule is O=C(Nc1ccnn1Cc1ccc(Br)cc1)c1cnn(C2CCCCC2)c1. The van der Waals surface area contributed by atoms with Crippen molar-refractivity contribution in [3.63, 3.8) is 0 Å². The number of hydrogen-bond donors (Lipinski definition) is 1. The zero-order valence-electron chi connectivity index (χ0n) is 15.0. The Morgan fingerprint density at radius 1 is 1.11 bits per heavy atom. The van der Waals surface area contributed by atoms with Crippen molar-refractivity contribution in [2.24, 2.45) is 0 Å². The van der Waals surface area contributed by atoms with Crippen LogP contribution < -0.4 is 5.32 Å². The van der Waals surface area contributed by atoms with E-state index < -0.39 is 0 Å². The van der Waals surface area contributed by atoms with Gasteiger partial charge in [0.25, 0.3) is 5.91 Å². The molecule has 27 heavy (non-hydrogen) atoms. The van der Waals surface area contributed by atoms with Crippen molar-refractivity contribution in [2.75, 3.05) is 5.32 Å². The van der Waals surface area contributed by atoms with E-state index in [-0.39, 0.29) is 5.91 Å².